The molecule has 0 bridgehead atoms. The lowest BCUT2D eigenvalue weighted by Gasteiger charge is -2.25. The molecule has 2 unspecified atom stereocenters. The molecule has 0 amide bonds. The van der Waals surface area contributed by atoms with Crippen molar-refractivity contribution in [2.75, 3.05) is 5.32 Å². The maximum absolute atomic E-state index is 11.1. The van der Waals surface area contributed by atoms with Crippen molar-refractivity contribution in [2.45, 2.75) is 37.6 Å². The van der Waals surface area contributed by atoms with Gasteiger partial charge < -0.3 is 10.4 Å². The van der Waals surface area contributed by atoms with Crippen molar-refractivity contribution in [2.24, 2.45) is 0 Å². The third-order valence-corrected chi connectivity index (χ3v) is 3.82. The van der Waals surface area contributed by atoms with Gasteiger partial charge in [-0.2, -0.15) is 0 Å². The first kappa shape index (κ1) is 9.70. The van der Waals surface area contributed by atoms with Gasteiger partial charge in [0.15, 0.2) is 0 Å². The highest BCUT2D eigenvalue weighted by molar-refractivity contribution is 5.96. The van der Waals surface area contributed by atoms with Crippen LogP contribution in [-0.2, 0) is 0 Å². The van der Waals surface area contributed by atoms with Crippen LogP contribution >= 0.6 is 0 Å². The number of nitrogens with one attached hydrogen (secondary N) is 1. The van der Waals surface area contributed by atoms with E-state index >= 15 is 0 Å². The van der Waals surface area contributed by atoms with Crippen molar-refractivity contribution in [1.82, 2.24) is 0 Å². The minimum absolute atomic E-state index is 0.423. The van der Waals surface area contributed by atoms with Gasteiger partial charge in [-0.15, -0.1) is 0 Å². The van der Waals surface area contributed by atoms with E-state index in [1.54, 1.807) is 6.07 Å². The summed E-state index contributed by atoms with van der Waals surface area (Å²) in [5.74, 6) is -0.300. The van der Waals surface area contributed by atoms with Crippen LogP contribution in [0.2, 0.25) is 0 Å². The maximum Gasteiger partial charge on any atom is 0.337 e. The summed E-state index contributed by atoms with van der Waals surface area (Å²) in [6.07, 6.45) is 4.87. The molecule has 16 heavy (non-hydrogen) atoms. The summed E-state index contributed by atoms with van der Waals surface area (Å²) in [5.41, 5.74) is 2.50. The number of para-hydroxylation sites is 1. The van der Waals surface area contributed by atoms with Crippen molar-refractivity contribution in [3.63, 3.8) is 0 Å². The Morgan fingerprint density at radius 3 is 2.94 bits per heavy atom. The standard InChI is InChI=1S/C13H15NO2/c15-13(16)10-6-3-5-9-8-4-1-2-7-11(8)14-12(9)10/h3,5-6,8,11,14H,1-2,4,7H2,(H,15,16). The van der Waals surface area contributed by atoms with Crippen LogP contribution in [0.25, 0.3) is 0 Å². The van der Waals surface area contributed by atoms with E-state index in [1.807, 2.05) is 6.07 Å². The highest BCUT2D eigenvalue weighted by Crippen LogP contribution is 2.44. The molecular formula is C13H15NO2. The minimum atomic E-state index is -0.831. The fraction of sp³-hybridized carbons (Fsp3) is 0.462. The van der Waals surface area contributed by atoms with Gasteiger partial charge in [0.1, 0.15) is 0 Å². The van der Waals surface area contributed by atoms with E-state index in [1.165, 1.54) is 31.2 Å². The number of carboxylic acids is 1. The van der Waals surface area contributed by atoms with E-state index in [0.29, 0.717) is 17.5 Å². The van der Waals surface area contributed by atoms with Gasteiger partial charge in [0.2, 0.25) is 0 Å². The van der Waals surface area contributed by atoms with E-state index in [-0.39, 0.29) is 0 Å². The normalized spacial score (nSPS) is 26.8. The molecule has 1 heterocycles. The summed E-state index contributed by atoms with van der Waals surface area (Å²) < 4.78 is 0. The predicted molar refractivity (Wildman–Crippen MR) is 62.0 cm³/mol. The number of hydrogen-bond donors (Lipinski definition) is 2. The molecule has 2 aliphatic rings. The van der Waals surface area contributed by atoms with Gasteiger partial charge in [-0.25, -0.2) is 4.79 Å². The van der Waals surface area contributed by atoms with Crippen LogP contribution in [0, 0.1) is 0 Å². The molecule has 0 aromatic heterocycles. The van der Waals surface area contributed by atoms with Gasteiger partial charge >= 0.3 is 5.97 Å². The third-order valence-electron chi connectivity index (χ3n) is 3.82. The van der Waals surface area contributed by atoms with Crippen LogP contribution in [0.4, 0.5) is 5.69 Å². The first-order chi connectivity index (χ1) is 7.77. The Bertz CT molecular complexity index is 442. The average molecular weight is 217 g/mol. The lowest BCUT2D eigenvalue weighted by Crippen LogP contribution is -2.24. The molecule has 3 rings (SSSR count). The van der Waals surface area contributed by atoms with Gasteiger partial charge in [0.25, 0.3) is 0 Å². The Morgan fingerprint density at radius 1 is 1.31 bits per heavy atom. The molecule has 0 radical (unpaired) electrons. The summed E-state index contributed by atoms with van der Waals surface area (Å²) >= 11 is 0. The number of anilines is 1. The number of hydrogen-bond acceptors (Lipinski definition) is 2. The number of fused-ring (bicyclic) bond motifs is 3. The molecule has 1 aliphatic carbocycles. The molecule has 0 saturated heterocycles. The second-order valence-corrected chi connectivity index (χ2v) is 4.72. The largest absolute Gasteiger partial charge is 0.478 e. The first-order valence-electron chi connectivity index (χ1n) is 5.90. The number of carboxylic acid groups (broad SMARTS) is 1. The van der Waals surface area contributed by atoms with Gasteiger partial charge in [-0.05, 0) is 24.5 Å². The minimum Gasteiger partial charge on any atom is -0.478 e. The van der Waals surface area contributed by atoms with Crippen LogP contribution in [0.3, 0.4) is 0 Å². The topological polar surface area (TPSA) is 49.3 Å². The molecule has 3 nitrogen and oxygen atoms in total. The van der Waals surface area contributed by atoms with Crippen LogP contribution < -0.4 is 5.32 Å². The van der Waals surface area contributed by atoms with Gasteiger partial charge in [0.05, 0.1) is 11.3 Å². The Hall–Kier alpha value is -1.51. The fourth-order valence-corrected chi connectivity index (χ4v) is 3.08. The Labute approximate surface area is 94.5 Å². The first-order valence-corrected chi connectivity index (χ1v) is 5.90. The van der Waals surface area contributed by atoms with Crippen LogP contribution in [0.1, 0.15) is 47.5 Å². The molecule has 2 N–H and O–H groups in total. The summed E-state index contributed by atoms with van der Waals surface area (Å²) in [7, 11) is 0. The lowest BCUT2D eigenvalue weighted by atomic mass is 9.82. The van der Waals surface area contributed by atoms with Crippen molar-refractivity contribution in [1.29, 1.82) is 0 Å². The fourth-order valence-electron chi connectivity index (χ4n) is 3.08. The Kier molecular flexibility index (Phi) is 2.13. The zero-order valence-corrected chi connectivity index (χ0v) is 9.07. The zero-order valence-electron chi connectivity index (χ0n) is 9.07. The van der Waals surface area contributed by atoms with Crippen LogP contribution in [0.5, 0.6) is 0 Å². The number of aromatic carboxylic acids is 1. The lowest BCUT2D eigenvalue weighted by molar-refractivity contribution is 0.0698. The molecule has 1 aromatic carbocycles. The number of rotatable bonds is 1. The van der Waals surface area contributed by atoms with E-state index in [0.717, 1.165) is 5.69 Å². The highest BCUT2D eigenvalue weighted by Gasteiger charge is 2.35. The van der Waals surface area contributed by atoms with E-state index < -0.39 is 5.97 Å². The Morgan fingerprint density at radius 2 is 2.12 bits per heavy atom. The third kappa shape index (κ3) is 1.31. The molecule has 3 heteroatoms. The van der Waals surface area contributed by atoms with Gasteiger partial charge in [0, 0.05) is 12.0 Å². The highest BCUT2D eigenvalue weighted by atomic mass is 16.4. The van der Waals surface area contributed by atoms with Gasteiger partial charge in [-0.1, -0.05) is 25.0 Å². The van der Waals surface area contributed by atoms with Crippen LogP contribution in [-0.4, -0.2) is 17.1 Å². The van der Waals surface area contributed by atoms with Crippen molar-refractivity contribution >= 4 is 11.7 Å². The molecule has 1 saturated carbocycles. The van der Waals surface area contributed by atoms with Crippen LogP contribution in [0.15, 0.2) is 18.2 Å². The van der Waals surface area contributed by atoms with E-state index in [4.69, 9.17) is 5.11 Å². The van der Waals surface area contributed by atoms with Gasteiger partial charge in [-0.3, -0.25) is 0 Å². The van der Waals surface area contributed by atoms with Crippen molar-refractivity contribution in [3.8, 4) is 0 Å². The smallest absolute Gasteiger partial charge is 0.337 e. The molecule has 1 aliphatic heterocycles. The molecule has 0 spiro atoms. The predicted octanol–water partition coefficient (Wildman–Crippen LogP) is 2.84. The molecule has 84 valence electrons. The second-order valence-electron chi connectivity index (χ2n) is 4.72. The van der Waals surface area contributed by atoms with Crippen molar-refractivity contribution < 1.29 is 9.90 Å². The monoisotopic (exact) mass is 217 g/mol. The summed E-state index contributed by atoms with van der Waals surface area (Å²) in [6.45, 7) is 0. The Balaban J connectivity index is 2.07. The molecule has 2 atom stereocenters. The molecular weight excluding hydrogens is 202 g/mol. The van der Waals surface area contributed by atoms with E-state index in [2.05, 4.69) is 11.4 Å². The average Bonchev–Trinajstić information content (AvgIpc) is 2.67. The number of benzene rings is 1. The van der Waals surface area contributed by atoms with Crippen molar-refractivity contribution in [3.05, 3.63) is 29.3 Å². The second kappa shape index (κ2) is 3.51. The maximum atomic E-state index is 11.1. The summed E-state index contributed by atoms with van der Waals surface area (Å²) in [6, 6.07) is 6.08. The summed E-state index contributed by atoms with van der Waals surface area (Å²) in [5, 5.41) is 12.5. The SMILES string of the molecule is O=C(O)c1cccc2c1NC1CCCCC21. The molecule has 1 fully saturated rings. The quantitative estimate of drug-likeness (QED) is 0.760. The number of carbonyl (C=O) groups is 1. The molecule has 1 aromatic rings. The summed E-state index contributed by atoms with van der Waals surface area (Å²) in [4.78, 5) is 11.1. The zero-order chi connectivity index (χ0) is 11.1. The van der Waals surface area contributed by atoms with E-state index in [9.17, 15) is 4.79 Å².